The van der Waals surface area contributed by atoms with Gasteiger partial charge < -0.3 is 10.0 Å². The van der Waals surface area contributed by atoms with Crippen LogP contribution in [0.25, 0.3) is 10.4 Å². The van der Waals surface area contributed by atoms with Crippen LogP contribution in [0.3, 0.4) is 0 Å². The highest BCUT2D eigenvalue weighted by Gasteiger charge is 2.38. The maximum atomic E-state index is 12.0. The summed E-state index contributed by atoms with van der Waals surface area (Å²) in [7, 11) is 0. The Kier molecular flexibility index (Phi) is 4.22. The van der Waals surface area contributed by atoms with Gasteiger partial charge in [0.25, 0.3) is 0 Å². The summed E-state index contributed by atoms with van der Waals surface area (Å²) in [5.74, 6) is -1.41. The lowest BCUT2D eigenvalue weighted by Gasteiger charge is -2.25. The van der Waals surface area contributed by atoms with Crippen LogP contribution in [0.4, 0.5) is 0 Å². The van der Waals surface area contributed by atoms with Gasteiger partial charge in [0.2, 0.25) is 5.91 Å². The van der Waals surface area contributed by atoms with Gasteiger partial charge in [0.1, 0.15) is 0 Å². The molecule has 1 N–H and O–H groups in total. The van der Waals surface area contributed by atoms with Crippen LogP contribution in [-0.4, -0.2) is 35.0 Å². The number of azide groups is 1. The molecule has 20 heavy (non-hydrogen) atoms. The van der Waals surface area contributed by atoms with Gasteiger partial charge in [-0.2, -0.15) is 0 Å². The van der Waals surface area contributed by atoms with E-state index in [9.17, 15) is 14.7 Å². The highest BCUT2D eigenvalue weighted by Crippen LogP contribution is 2.29. The van der Waals surface area contributed by atoms with E-state index in [0.717, 1.165) is 0 Å². The quantitative estimate of drug-likeness (QED) is 0.504. The van der Waals surface area contributed by atoms with Gasteiger partial charge in [0.05, 0.1) is 0 Å². The van der Waals surface area contributed by atoms with Gasteiger partial charge in [-0.15, -0.1) is 0 Å². The number of aliphatic carboxylic acids is 1. The zero-order valence-electron chi connectivity index (χ0n) is 10.7. The van der Waals surface area contributed by atoms with Gasteiger partial charge in [0, 0.05) is 24.4 Å². The van der Waals surface area contributed by atoms with Crippen LogP contribution in [0.2, 0.25) is 0 Å². The third-order valence-electron chi connectivity index (χ3n) is 3.30. The molecule has 1 heterocycles. The summed E-state index contributed by atoms with van der Waals surface area (Å²) in [6, 6.07) is 7.66. The summed E-state index contributed by atoms with van der Waals surface area (Å²) < 4.78 is 0. The Morgan fingerprint density at radius 1 is 1.50 bits per heavy atom. The van der Waals surface area contributed by atoms with Crippen molar-refractivity contribution in [2.45, 2.75) is 12.5 Å². The first-order valence-electron chi connectivity index (χ1n) is 6.21. The summed E-state index contributed by atoms with van der Waals surface area (Å²) in [4.78, 5) is 27.5. The Balaban J connectivity index is 2.21. The van der Waals surface area contributed by atoms with Gasteiger partial charge in [-0.05, 0) is 17.0 Å². The van der Waals surface area contributed by atoms with E-state index in [2.05, 4.69) is 10.0 Å². The van der Waals surface area contributed by atoms with E-state index in [1.54, 1.807) is 30.3 Å². The molecule has 2 rings (SSSR count). The molecule has 7 heteroatoms. The van der Waals surface area contributed by atoms with E-state index < -0.39 is 12.0 Å². The fourth-order valence-corrected chi connectivity index (χ4v) is 2.42. The van der Waals surface area contributed by atoms with E-state index in [4.69, 9.17) is 5.53 Å². The third kappa shape index (κ3) is 2.89. The van der Waals surface area contributed by atoms with Crippen molar-refractivity contribution in [2.75, 3.05) is 13.1 Å². The molecule has 0 spiro atoms. The first kappa shape index (κ1) is 13.9. The summed E-state index contributed by atoms with van der Waals surface area (Å²) >= 11 is 0. The molecule has 2 atom stereocenters. The number of carboxylic acids is 1. The molecule has 0 radical (unpaired) electrons. The van der Waals surface area contributed by atoms with Crippen molar-refractivity contribution in [1.82, 2.24) is 4.90 Å². The number of carbonyl (C=O) groups excluding carboxylic acids is 1. The zero-order valence-corrected chi connectivity index (χ0v) is 10.7. The van der Waals surface area contributed by atoms with E-state index in [1.165, 1.54) is 4.90 Å². The predicted molar refractivity (Wildman–Crippen MR) is 70.7 cm³/mol. The van der Waals surface area contributed by atoms with Gasteiger partial charge in [-0.25, -0.2) is 4.79 Å². The Bertz CT molecular complexity index is 554. The van der Waals surface area contributed by atoms with E-state index in [1.807, 2.05) is 0 Å². The number of hydrogen-bond donors (Lipinski definition) is 1. The molecule has 0 saturated carbocycles. The first-order chi connectivity index (χ1) is 9.63. The summed E-state index contributed by atoms with van der Waals surface area (Å²) in [5.41, 5.74) is 8.87. The second-order valence-corrected chi connectivity index (χ2v) is 4.68. The SMILES string of the molecule is [N-]=[N+]=NCC1CC(=O)N([C@@H](C(=O)O)c2ccccc2)C1. The molecule has 1 aromatic carbocycles. The van der Waals surface area contributed by atoms with Crippen molar-refractivity contribution < 1.29 is 14.7 Å². The molecule has 0 aliphatic carbocycles. The van der Waals surface area contributed by atoms with Crippen molar-refractivity contribution in [3.8, 4) is 0 Å². The summed E-state index contributed by atoms with van der Waals surface area (Å²) in [5, 5.41) is 12.8. The predicted octanol–water partition coefficient (Wildman–Crippen LogP) is 1.97. The van der Waals surface area contributed by atoms with Crippen molar-refractivity contribution in [2.24, 2.45) is 11.0 Å². The standard InChI is InChI=1S/C13H14N4O3/c14-16-15-7-9-6-11(18)17(8-9)12(13(19)20)10-4-2-1-3-5-10/h1-5,9,12H,6-8H2,(H,19,20)/t9?,12-/m1/s1. The van der Waals surface area contributed by atoms with Crippen LogP contribution < -0.4 is 0 Å². The Labute approximate surface area is 115 Å². The number of nitrogens with zero attached hydrogens (tertiary/aromatic N) is 4. The molecule has 1 aliphatic heterocycles. The molecule has 0 bridgehead atoms. The number of rotatable bonds is 5. The average molecular weight is 274 g/mol. The molecule has 1 unspecified atom stereocenters. The maximum Gasteiger partial charge on any atom is 0.331 e. The summed E-state index contributed by atoms with van der Waals surface area (Å²) in [6.45, 7) is 0.504. The van der Waals surface area contributed by atoms with Crippen molar-refractivity contribution in [3.63, 3.8) is 0 Å². The number of carboxylic acid groups (broad SMARTS) is 1. The van der Waals surface area contributed by atoms with E-state index in [0.29, 0.717) is 12.1 Å². The van der Waals surface area contributed by atoms with E-state index >= 15 is 0 Å². The van der Waals surface area contributed by atoms with Crippen molar-refractivity contribution in [3.05, 3.63) is 46.3 Å². The molecular formula is C13H14N4O3. The normalized spacial score (nSPS) is 19.5. The topological polar surface area (TPSA) is 106 Å². The average Bonchev–Trinajstić information content (AvgIpc) is 2.79. The maximum absolute atomic E-state index is 12.0. The minimum Gasteiger partial charge on any atom is -0.479 e. The monoisotopic (exact) mass is 274 g/mol. The first-order valence-corrected chi connectivity index (χ1v) is 6.21. The minimum absolute atomic E-state index is 0.121. The molecule has 7 nitrogen and oxygen atoms in total. The van der Waals surface area contributed by atoms with Crippen molar-refractivity contribution >= 4 is 11.9 Å². The lowest BCUT2D eigenvalue weighted by atomic mass is 10.1. The van der Waals surface area contributed by atoms with Crippen LogP contribution in [-0.2, 0) is 9.59 Å². The van der Waals surface area contributed by atoms with Crippen LogP contribution >= 0.6 is 0 Å². The second-order valence-electron chi connectivity index (χ2n) is 4.68. The smallest absolute Gasteiger partial charge is 0.331 e. The van der Waals surface area contributed by atoms with Crippen LogP contribution in [0.5, 0.6) is 0 Å². The molecule has 1 aliphatic rings. The lowest BCUT2D eigenvalue weighted by molar-refractivity contribution is -0.148. The zero-order chi connectivity index (χ0) is 14.5. The lowest BCUT2D eigenvalue weighted by Crippen LogP contribution is -2.35. The molecule has 1 saturated heterocycles. The number of carbonyl (C=O) groups is 2. The largest absolute Gasteiger partial charge is 0.479 e. The van der Waals surface area contributed by atoms with Crippen LogP contribution in [0, 0.1) is 5.92 Å². The van der Waals surface area contributed by atoms with E-state index in [-0.39, 0.29) is 24.8 Å². The third-order valence-corrected chi connectivity index (χ3v) is 3.30. The van der Waals surface area contributed by atoms with Crippen molar-refractivity contribution in [1.29, 1.82) is 0 Å². The van der Waals surface area contributed by atoms with Gasteiger partial charge >= 0.3 is 5.97 Å². The highest BCUT2D eigenvalue weighted by atomic mass is 16.4. The number of amides is 1. The number of likely N-dealkylation sites (tertiary alicyclic amines) is 1. The number of hydrogen-bond acceptors (Lipinski definition) is 3. The molecular weight excluding hydrogens is 260 g/mol. The Morgan fingerprint density at radius 3 is 2.80 bits per heavy atom. The number of benzene rings is 1. The molecule has 0 aromatic heterocycles. The fourth-order valence-electron chi connectivity index (χ4n) is 2.42. The molecule has 1 aromatic rings. The summed E-state index contributed by atoms with van der Waals surface area (Å²) in [6.07, 6.45) is 0.218. The molecule has 104 valence electrons. The minimum atomic E-state index is -1.06. The molecule has 1 amide bonds. The van der Waals surface area contributed by atoms with Gasteiger partial charge in [-0.3, -0.25) is 4.79 Å². The molecule has 1 fully saturated rings. The second kappa shape index (κ2) is 6.08. The van der Waals surface area contributed by atoms with Crippen LogP contribution in [0.1, 0.15) is 18.0 Å². The highest BCUT2D eigenvalue weighted by molar-refractivity contribution is 5.86. The van der Waals surface area contributed by atoms with Gasteiger partial charge in [0.15, 0.2) is 6.04 Å². The fraction of sp³-hybridized carbons (Fsp3) is 0.385. The Morgan fingerprint density at radius 2 is 2.20 bits per heavy atom. The Hall–Kier alpha value is -2.53. The van der Waals surface area contributed by atoms with Crippen LogP contribution in [0.15, 0.2) is 35.4 Å². The van der Waals surface area contributed by atoms with Gasteiger partial charge in [-0.1, -0.05) is 35.4 Å².